The molecule has 2 rings (SSSR count). The second-order valence-electron chi connectivity index (χ2n) is 5.58. The molecular weight excluding hydrogens is 377 g/mol. The van der Waals surface area contributed by atoms with Crippen molar-refractivity contribution in [3.05, 3.63) is 58.3 Å². The Kier molecular flexibility index (Phi) is 7.90. The van der Waals surface area contributed by atoms with Gasteiger partial charge in [-0.05, 0) is 61.5 Å². The third kappa shape index (κ3) is 6.12. The first kappa shape index (κ1) is 19.9. The third-order valence-corrected chi connectivity index (χ3v) is 4.55. The summed E-state index contributed by atoms with van der Waals surface area (Å²) in [7, 11) is 1.70. The van der Waals surface area contributed by atoms with E-state index < -0.39 is 0 Å². The number of rotatable bonds is 7. The second-order valence-corrected chi connectivity index (χ2v) is 6.84. The second kappa shape index (κ2) is 9.92. The number of pyridine rings is 1. The Hall–Kier alpha value is -1.40. The van der Waals surface area contributed by atoms with E-state index in [1.165, 1.54) is 0 Å². The van der Waals surface area contributed by atoms with E-state index in [4.69, 9.17) is 40.2 Å². The molecule has 0 amide bonds. The SMILES string of the molecule is COCCCN(C(=S)Nc1cc(Cl)cc(Cl)c1)[C@H](C)c1ccncc1. The van der Waals surface area contributed by atoms with E-state index in [0.717, 1.165) is 24.2 Å². The summed E-state index contributed by atoms with van der Waals surface area (Å²) >= 11 is 17.8. The van der Waals surface area contributed by atoms with Gasteiger partial charge in [0.25, 0.3) is 0 Å². The lowest BCUT2D eigenvalue weighted by Crippen LogP contribution is -2.38. The minimum atomic E-state index is 0.0921. The highest BCUT2D eigenvalue weighted by Gasteiger charge is 2.19. The van der Waals surface area contributed by atoms with Crippen LogP contribution in [0.2, 0.25) is 10.0 Å². The number of aromatic nitrogens is 1. The van der Waals surface area contributed by atoms with E-state index >= 15 is 0 Å². The van der Waals surface area contributed by atoms with Crippen LogP contribution in [0.25, 0.3) is 0 Å². The van der Waals surface area contributed by atoms with Gasteiger partial charge in [0.1, 0.15) is 0 Å². The van der Waals surface area contributed by atoms with E-state index in [2.05, 4.69) is 22.1 Å². The first-order valence-corrected chi connectivity index (χ1v) is 9.10. The summed E-state index contributed by atoms with van der Waals surface area (Å²) in [6, 6.07) is 9.36. The van der Waals surface area contributed by atoms with Crippen LogP contribution in [0.5, 0.6) is 0 Å². The smallest absolute Gasteiger partial charge is 0.173 e. The molecule has 134 valence electrons. The zero-order valence-electron chi connectivity index (χ0n) is 14.2. The van der Waals surface area contributed by atoms with Crippen LogP contribution in [-0.4, -0.2) is 35.3 Å². The summed E-state index contributed by atoms with van der Waals surface area (Å²) in [6.07, 6.45) is 4.43. The maximum absolute atomic E-state index is 6.07. The Morgan fingerprint density at radius 3 is 2.48 bits per heavy atom. The van der Waals surface area contributed by atoms with Crippen molar-refractivity contribution in [1.29, 1.82) is 0 Å². The van der Waals surface area contributed by atoms with Crippen LogP contribution in [0.3, 0.4) is 0 Å². The highest BCUT2D eigenvalue weighted by Crippen LogP contribution is 2.25. The molecule has 1 aromatic carbocycles. The van der Waals surface area contributed by atoms with E-state index in [1.807, 2.05) is 12.1 Å². The van der Waals surface area contributed by atoms with Crippen LogP contribution < -0.4 is 5.32 Å². The Morgan fingerprint density at radius 2 is 1.88 bits per heavy atom. The maximum Gasteiger partial charge on any atom is 0.173 e. The lowest BCUT2D eigenvalue weighted by atomic mass is 10.1. The molecular formula is C18H21Cl2N3OS. The molecule has 7 heteroatoms. The fourth-order valence-electron chi connectivity index (χ4n) is 2.49. The van der Waals surface area contributed by atoms with Gasteiger partial charge in [-0.2, -0.15) is 0 Å². The van der Waals surface area contributed by atoms with Crippen molar-refractivity contribution >= 4 is 46.2 Å². The first-order chi connectivity index (χ1) is 12.0. The summed E-state index contributed by atoms with van der Waals surface area (Å²) in [4.78, 5) is 6.20. The number of hydrogen-bond donors (Lipinski definition) is 1. The number of nitrogens with zero attached hydrogens (tertiary/aromatic N) is 2. The zero-order valence-corrected chi connectivity index (χ0v) is 16.5. The average molecular weight is 398 g/mol. The maximum atomic E-state index is 6.07. The van der Waals surface area contributed by atoms with E-state index in [9.17, 15) is 0 Å². The fraction of sp³-hybridized carbons (Fsp3) is 0.333. The number of halogens is 2. The molecule has 0 unspecified atom stereocenters. The van der Waals surface area contributed by atoms with Crippen molar-refractivity contribution < 1.29 is 4.74 Å². The van der Waals surface area contributed by atoms with Crippen LogP contribution in [0.1, 0.15) is 24.9 Å². The van der Waals surface area contributed by atoms with Crippen LogP contribution >= 0.6 is 35.4 Å². The molecule has 0 saturated carbocycles. The molecule has 1 atom stereocenters. The topological polar surface area (TPSA) is 37.4 Å². The average Bonchev–Trinajstić information content (AvgIpc) is 2.58. The largest absolute Gasteiger partial charge is 0.385 e. The quantitative estimate of drug-likeness (QED) is 0.514. The molecule has 0 spiro atoms. The normalized spacial score (nSPS) is 11.8. The molecule has 1 N–H and O–H groups in total. The summed E-state index contributed by atoms with van der Waals surface area (Å²) in [5, 5.41) is 4.97. The third-order valence-electron chi connectivity index (χ3n) is 3.78. The summed E-state index contributed by atoms with van der Waals surface area (Å²) in [5.74, 6) is 0. The van der Waals surface area contributed by atoms with Gasteiger partial charge >= 0.3 is 0 Å². The summed E-state index contributed by atoms with van der Waals surface area (Å²) in [6.45, 7) is 3.55. The molecule has 4 nitrogen and oxygen atoms in total. The molecule has 1 aromatic heterocycles. The van der Waals surface area contributed by atoms with E-state index in [0.29, 0.717) is 21.8 Å². The first-order valence-electron chi connectivity index (χ1n) is 7.94. The van der Waals surface area contributed by atoms with Crippen LogP contribution in [0.15, 0.2) is 42.7 Å². The highest BCUT2D eigenvalue weighted by molar-refractivity contribution is 7.80. The molecule has 0 saturated heterocycles. The molecule has 2 aromatic rings. The van der Waals surface area contributed by atoms with Crippen molar-refractivity contribution in [3.63, 3.8) is 0 Å². The van der Waals surface area contributed by atoms with Crippen molar-refractivity contribution in [2.75, 3.05) is 25.6 Å². The van der Waals surface area contributed by atoms with Crippen molar-refractivity contribution in [2.45, 2.75) is 19.4 Å². The Balaban J connectivity index is 2.17. The van der Waals surface area contributed by atoms with Gasteiger partial charge in [-0.3, -0.25) is 4.98 Å². The van der Waals surface area contributed by atoms with Gasteiger partial charge in [0.05, 0.1) is 6.04 Å². The van der Waals surface area contributed by atoms with Crippen LogP contribution in [0.4, 0.5) is 5.69 Å². The van der Waals surface area contributed by atoms with Gasteiger partial charge < -0.3 is 15.0 Å². The number of hydrogen-bond acceptors (Lipinski definition) is 3. The van der Waals surface area contributed by atoms with Crippen LogP contribution in [0, 0.1) is 0 Å². The standard InChI is InChI=1S/C18H21Cl2N3OS/c1-13(14-4-6-21-7-5-14)23(8-3-9-24-2)18(25)22-17-11-15(19)10-16(20)12-17/h4-7,10-13H,3,8-9H2,1-2H3,(H,22,25)/t13-/m1/s1. The van der Waals surface area contributed by atoms with Gasteiger partial charge in [-0.15, -0.1) is 0 Å². The van der Waals surface area contributed by atoms with E-state index in [-0.39, 0.29) is 6.04 Å². The lowest BCUT2D eigenvalue weighted by molar-refractivity contribution is 0.181. The van der Waals surface area contributed by atoms with Crippen molar-refractivity contribution in [1.82, 2.24) is 9.88 Å². The number of thiocarbonyl (C=S) groups is 1. The summed E-state index contributed by atoms with van der Waals surface area (Å²) in [5.41, 5.74) is 1.90. The number of nitrogens with one attached hydrogen (secondary N) is 1. The Labute approximate surface area is 164 Å². The van der Waals surface area contributed by atoms with Gasteiger partial charge in [0, 0.05) is 48.4 Å². The molecule has 0 fully saturated rings. The minimum Gasteiger partial charge on any atom is -0.385 e. The van der Waals surface area contributed by atoms with Gasteiger partial charge in [-0.1, -0.05) is 23.2 Å². The summed E-state index contributed by atoms with van der Waals surface area (Å²) < 4.78 is 5.17. The van der Waals surface area contributed by atoms with Gasteiger partial charge in [0.2, 0.25) is 0 Å². The monoisotopic (exact) mass is 397 g/mol. The fourth-order valence-corrected chi connectivity index (χ4v) is 3.39. The number of anilines is 1. The molecule has 25 heavy (non-hydrogen) atoms. The van der Waals surface area contributed by atoms with Crippen molar-refractivity contribution in [2.24, 2.45) is 0 Å². The lowest BCUT2D eigenvalue weighted by Gasteiger charge is -2.32. The zero-order chi connectivity index (χ0) is 18.2. The highest BCUT2D eigenvalue weighted by atomic mass is 35.5. The number of methoxy groups -OCH3 is 1. The molecule has 0 aliphatic rings. The molecule has 0 aliphatic carbocycles. The molecule has 0 aliphatic heterocycles. The Bertz CT molecular complexity index is 680. The Morgan fingerprint density at radius 1 is 1.24 bits per heavy atom. The van der Waals surface area contributed by atoms with Crippen LogP contribution in [-0.2, 0) is 4.74 Å². The molecule has 1 heterocycles. The number of benzene rings is 1. The predicted octanol–water partition coefficient (Wildman–Crippen LogP) is 5.18. The molecule has 0 bridgehead atoms. The molecule has 0 radical (unpaired) electrons. The van der Waals surface area contributed by atoms with Gasteiger partial charge in [0.15, 0.2) is 5.11 Å². The predicted molar refractivity (Wildman–Crippen MR) is 109 cm³/mol. The van der Waals surface area contributed by atoms with E-state index in [1.54, 1.807) is 37.7 Å². The minimum absolute atomic E-state index is 0.0921. The number of ether oxygens (including phenoxy) is 1. The van der Waals surface area contributed by atoms with Crippen molar-refractivity contribution in [3.8, 4) is 0 Å². The van der Waals surface area contributed by atoms with Gasteiger partial charge in [-0.25, -0.2) is 0 Å².